The highest BCUT2D eigenvalue weighted by Crippen LogP contribution is 2.88. The molecule has 1 aromatic rings. The summed E-state index contributed by atoms with van der Waals surface area (Å²) in [5.74, 6) is -8.90. The summed E-state index contributed by atoms with van der Waals surface area (Å²) in [5, 5.41) is 28.1. The Bertz CT molecular complexity index is 1880. The molecular weight excluding hydrogens is 716 g/mol. The first kappa shape index (κ1) is 36.9. The second-order valence-electron chi connectivity index (χ2n) is 16.8. The highest BCUT2D eigenvalue weighted by Gasteiger charge is 3.05. The molecule has 17 nitrogen and oxygen atoms in total. The van der Waals surface area contributed by atoms with Crippen LogP contribution in [0.2, 0.25) is 0 Å². The minimum atomic E-state index is -2.71. The fourth-order valence-electron chi connectivity index (χ4n) is 13.1. The number of carbonyl (C=O) groups is 6. The number of carbonyl (C=O) groups excluding carboxylic acids is 6. The quantitative estimate of drug-likeness (QED) is 0.295. The lowest BCUT2D eigenvalue weighted by molar-refractivity contribution is -0.449. The molecule has 15 atom stereocenters. The van der Waals surface area contributed by atoms with E-state index >= 15 is 0 Å². The van der Waals surface area contributed by atoms with Gasteiger partial charge in [-0.15, -0.1) is 0 Å². The Hall–Kier alpha value is -4.06. The Balaban J connectivity index is 1.54. The van der Waals surface area contributed by atoms with E-state index in [4.69, 9.17) is 42.3 Å². The third kappa shape index (κ3) is 3.84. The van der Waals surface area contributed by atoms with Crippen molar-refractivity contribution in [3.05, 3.63) is 24.2 Å². The topological polar surface area (TPSA) is 230 Å². The molecule has 3 aliphatic heterocycles. The monoisotopic (exact) mass is 760 g/mol. The predicted octanol–water partition coefficient (Wildman–Crippen LogP) is 1.34. The summed E-state index contributed by atoms with van der Waals surface area (Å²) in [5.41, 5.74) is -14.8. The number of hydrogen-bond donors (Lipinski definition) is 2. The molecule has 54 heavy (non-hydrogen) atoms. The number of fused-ring (bicyclic) bond motifs is 4. The van der Waals surface area contributed by atoms with Crippen molar-refractivity contribution in [3.63, 3.8) is 0 Å². The predicted molar refractivity (Wildman–Crippen MR) is 172 cm³/mol. The normalized spacial score (nSPS) is 49.2. The molecule has 0 aromatic carbocycles. The van der Waals surface area contributed by atoms with Crippen LogP contribution in [-0.4, -0.2) is 105 Å². The maximum absolute atomic E-state index is 14.4. The number of rotatable bonds is 7. The van der Waals surface area contributed by atoms with Crippen LogP contribution in [0.4, 0.5) is 0 Å². The lowest BCUT2D eigenvalue weighted by Gasteiger charge is -2.77. The van der Waals surface area contributed by atoms with Crippen LogP contribution in [0.15, 0.2) is 23.0 Å². The van der Waals surface area contributed by atoms with Gasteiger partial charge in [0.05, 0.1) is 23.4 Å². The number of aliphatic hydroxyl groups is 2. The highest BCUT2D eigenvalue weighted by atomic mass is 16.8. The maximum atomic E-state index is 14.4. The van der Waals surface area contributed by atoms with Crippen molar-refractivity contribution in [2.24, 2.45) is 28.1 Å². The van der Waals surface area contributed by atoms with Crippen molar-refractivity contribution in [2.45, 2.75) is 133 Å². The van der Waals surface area contributed by atoms with E-state index in [9.17, 15) is 39.0 Å². The van der Waals surface area contributed by atoms with E-state index in [0.29, 0.717) is 5.56 Å². The van der Waals surface area contributed by atoms with Gasteiger partial charge in [0.2, 0.25) is 5.60 Å². The molecule has 8 rings (SSSR count). The van der Waals surface area contributed by atoms with Gasteiger partial charge in [-0.25, -0.2) is 0 Å². The first-order valence-electron chi connectivity index (χ1n) is 17.9. The molecule has 0 amide bonds. The number of esters is 6. The first-order chi connectivity index (χ1) is 25.1. The average Bonchev–Trinajstić information content (AvgIpc) is 3.84. The fourth-order valence-corrected chi connectivity index (χ4v) is 13.1. The standard InChI is InChI=1S/C37H44O17/c1-16(38)48-25(21-9-10-46-13-21)32(8)23-12-31(7)53-29-35(23,54-31)37(45,27(50-18(3)40)26(32)49-17(2)39)33-15-47-24(43)11-22(33)30(6)14-34(33,44)36(29,52-20(5)42)28(30)51-19(4)41/h9-10,13,22-23,25-29,44-45H,11-12,14-15H2,1-8H3/t22-,23+,25-,26-,27+,28-,29-,30-,31?,32+,33+,34+,35+,36-,37-/m0/s1. The molecule has 3 saturated heterocycles. The van der Waals surface area contributed by atoms with Gasteiger partial charge in [-0.3, -0.25) is 28.8 Å². The van der Waals surface area contributed by atoms with E-state index in [1.54, 1.807) is 20.8 Å². The number of furan rings is 1. The third-order valence-electron chi connectivity index (χ3n) is 14.1. The van der Waals surface area contributed by atoms with E-state index in [0.717, 1.165) is 27.7 Å². The summed E-state index contributed by atoms with van der Waals surface area (Å²) in [7, 11) is 0. The SMILES string of the molecule is CC(=O)O[C@@H]1[C@H](OC(C)=O)[C@@](C)([C@@H](OC(C)=O)c2ccoc2)[C@H]2CC3(C)O[C@@H]4[C@@]5(OC(C)=O)[C@@H](OC(C)=O)[C@@]6(C)C[C@@]5(O)[C@]5(COC(=O)C[C@@H]65)[C@]1(O)[C@@]24O3. The zero-order chi connectivity index (χ0) is 39.4. The van der Waals surface area contributed by atoms with Crippen LogP contribution in [0.5, 0.6) is 0 Å². The van der Waals surface area contributed by atoms with Crippen molar-refractivity contribution < 1.29 is 81.3 Å². The van der Waals surface area contributed by atoms with E-state index in [2.05, 4.69) is 0 Å². The summed E-state index contributed by atoms with van der Waals surface area (Å²) in [4.78, 5) is 79.4. The lowest BCUT2D eigenvalue weighted by atomic mass is 9.32. The van der Waals surface area contributed by atoms with Gasteiger partial charge in [-0.05, 0) is 25.3 Å². The zero-order valence-corrected chi connectivity index (χ0v) is 31.1. The second-order valence-corrected chi connectivity index (χ2v) is 16.8. The molecule has 4 heterocycles. The van der Waals surface area contributed by atoms with E-state index in [1.165, 1.54) is 25.5 Å². The number of ether oxygens (including phenoxy) is 8. The van der Waals surface area contributed by atoms with Crippen LogP contribution >= 0.6 is 0 Å². The Morgan fingerprint density at radius 3 is 2.09 bits per heavy atom. The van der Waals surface area contributed by atoms with E-state index in [1.807, 2.05) is 0 Å². The number of hydrogen-bond acceptors (Lipinski definition) is 17. The molecular formula is C37H44O17. The van der Waals surface area contributed by atoms with Crippen LogP contribution in [0, 0.1) is 28.1 Å². The Kier molecular flexibility index (Phi) is 7.39. The van der Waals surface area contributed by atoms with E-state index in [-0.39, 0.29) is 12.8 Å². The molecule has 7 aliphatic rings. The van der Waals surface area contributed by atoms with Gasteiger partial charge in [0.25, 0.3) is 0 Å². The van der Waals surface area contributed by atoms with Gasteiger partial charge in [-0.1, -0.05) is 13.8 Å². The molecule has 4 aliphatic carbocycles. The molecule has 4 saturated carbocycles. The Morgan fingerprint density at radius 1 is 0.870 bits per heavy atom. The number of cyclic esters (lactones) is 1. The second kappa shape index (κ2) is 10.8. The fraction of sp³-hybridized carbons (Fsp3) is 0.730. The molecule has 7 fully saturated rings. The van der Waals surface area contributed by atoms with Gasteiger partial charge in [-0.2, -0.15) is 0 Å². The van der Waals surface area contributed by atoms with Crippen LogP contribution in [0.25, 0.3) is 0 Å². The summed E-state index contributed by atoms with van der Waals surface area (Å²) >= 11 is 0. The van der Waals surface area contributed by atoms with Crippen LogP contribution in [0.1, 0.15) is 86.3 Å². The van der Waals surface area contributed by atoms with Gasteiger partial charge < -0.3 is 52.5 Å². The van der Waals surface area contributed by atoms with Gasteiger partial charge in [0.1, 0.15) is 35.6 Å². The molecule has 2 spiro atoms. The van der Waals surface area contributed by atoms with Crippen molar-refractivity contribution >= 4 is 35.8 Å². The van der Waals surface area contributed by atoms with Gasteiger partial charge >= 0.3 is 35.8 Å². The molecule has 4 bridgehead atoms. The first-order valence-corrected chi connectivity index (χ1v) is 17.9. The van der Waals surface area contributed by atoms with Crippen molar-refractivity contribution in [1.29, 1.82) is 0 Å². The summed E-state index contributed by atoms with van der Waals surface area (Å²) < 4.78 is 55.8. The zero-order valence-electron chi connectivity index (χ0n) is 31.1. The maximum Gasteiger partial charge on any atom is 0.306 e. The van der Waals surface area contributed by atoms with Crippen molar-refractivity contribution in [2.75, 3.05) is 6.61 Å². The molecule has 0 radical (unpaired) electrons. The summed E-state index contributed by atoms with van der Waals surface area (Å²) in [6.07, 6.45) is -6.35. The average molecular weight is 761 g/mol. The van der Waals surface area contributed by atoms with Gasteiger partial charge in [0.15, 0.2) is 24.1 Å². The summed E-state index contributed by atoms with van der Waals surface area (Å²) in [6, 6.07) is 1.53. The van der Waals surface area contributed by atoms with Crippen LogP contribution in [-0.2, 0) is 66.7 Å². The largest absolute Gasteiger partial charge is 0.472 e. The summed E-state index contributed by atoms with van der Waals surface area (Å²) in [6.45, 7) is 9.76. The molecule has 294 valence electrons. The molecule has 1 unspecified atom stereocenters. The molecule has 17 heteroatoms. The van der Waals surface area contributed by atoms with Gasteiger partial charge in [0, 0.05) is 64.4 Å². The van der Waals surface area contributed by atoms with Crippen molar-refractivity contribution in [3.8, 4) is 0 Å². The Labute approximate surface area is 309 Å². The Morgan fingerprint density at radius 2 is 1.52 bits per heavy atom. The molecule has 2 N–H and O–H groups in total. The van der Waals surface area contributed by atoms with E-state index < -0.39 is 136 Å². The minimum Gasteiger partial charge on any atom is -0.472 e. The third-order valence-corrected chi connectivity index (χ3v) is 14.1. The lowest BCUT2D eigenvalue weighted by Crippen LogP contribution is -2.98. The smallest absolute Gasteiger partial charge is 0.306 e. The van der Waals surface area contributed by atoms with Crippen LogP contribution < -0.4 is 0 Å². The minimum absolute atomic E-state index is 0.0902. The van der Waals surface area contributed by atoms with Crippen LogP contribution in [0.3, 0.4) is 0 Å². The molecule has 1 aromatic heterocycles. The van der Waals surface area contributed by atoms with Crippen molar-refractivity contribution in [1.82, 2.24) is 0 Å². The highest BCUT2D eigenvalue weighted by molar-refractivity contribution is 5.75.